The van der Waals surface area contributed by atoms with Crippen LogP contribution in [0.3, 0.4) is 0 Å². The van der Waals surface area contributed by atoms with Crippen LogP contribution in [0.1, 0.15) is 24.2 Å². The molecule has 0 aliphatic carbocycles. The summed E-state index contributed by atoms with van der Waals surface area (Å²) >= 11 is 12.8. The van der Waals surface area contributed by atoms with Crippen LogP contribution in [0.4, 0.5) is 17.2 Å². The highest BCUT2D eigenvalue weighted by Gasteiger charge is 2.43. The summed E-state index contributed by atoms with van der Waals surface area (Å²) in [6.45, 7) is 5.26. The van der Waals surface area contributed by atoms with Crippen LogP contribution in [0.15, 0.2) is 34.9 Å². The van der Waals surface area contributed by atoms with Gasteiger partial charge < -0.3 is 20.5 Å². The highest BCUT2D eigenvalue weighted by molar-refractivity contribution is 6.40. The van der Waals surface area contributed by atoms with E-state index >= 15 is 0 Å². The first-order valence-electron chi connectivity index (χ1n) is 10.2. The molecule has 1 amide bonds. The van der Waals surface area contributed by atoms with Crippen LogP contribution in [0, 0.1) is 16.7 Å². The predicted octanol–water partition coefficient (Wildman–Crippen LogP) is 4.38. The van der Waals surface area contributed by atoms with Crippen molar-refractivity contribution in [3.05, 3.63) is 45.9 Å². The van der Waals surface area contributed by atoms with Crippen molar-refractivity contribution >= 4 is 69.9 Å². The van der Waals surface area contributed by atoms with Crippen molar-refractivity contribution in [2.24, 2.45) is 5.92 Å². The van der Waals surface area contributed by atoms with Crippen LogP contribution in [0.25, 0.3) is 11.0 Å². The molecule has 0 radical (unpaired) electrons. The number of aromatic nitrogens is 1. The normalized spacial score (nSPS) is 20.1. The molecular formula is C22H23Cl2N7O2. The van der Waals surface area contributed by atoms with Gasteiger partial charge in [0.2, 0.25) is 0 Å². The number of halogens is 2. The van der Waals surface area contributed by atoms with Crippen molar-refractivity contribution in [3.8, 4) is 0 Å². The van der Waals surface area contributed by atoms with Gasteiger partial charge in [0.25, 0.3) is 5.91 Å². The fraction of sp³-hybridized carbons (Fsp3) is 0.273. The lowest BCUT2D eigenvalue weighted by Crippen LogP contribution is -2.51. The van der Waals surface area contributed by atoms with Crippen LogP contribution in [-0.2, 0) is 0 Å². The van der Waals surface area contributed by atoms with Gasteiger partial charge in [-0.3, -0.25) is 20.5 Å². The molecule has 9 nitrogen and oxygen atoms in total. The largest absolute Gasteiger partial charge is 0.380 e. The van der Waals surface area contributed by atoms with Crippen LogP contribution >= 0.6 is 23.2 Å². The van der Waals surface area contributed by atoms with Gasteiger partial charge in [-0.15, -0.1) is 0 Å². The van der Waals surface area contributed by atoms with E-state index < -0.39 is 11.4 Å². The number of nitrogen functional groups attached to an aromatic ring is 1. The number of hydrogen-bond acceptors (Lipinski definition) is 7. The van der Waals surface area contributed by atoms with Crippen molar-refractivity contribution in [1.82, 2.24) is 10.5 Å². The molecule has 2 aromatic carbocycles. The number of nitrogens with one attached hydrogen (secondary N) is 3. The maximum absolute atomic E-state index is 13.2. The third kappa shape index (κ3) is 3.98. The molecular weight excluding hydrogens is 465 g/mol. The molecule has 5 N–H and O–H groups in total. The van der Waals surface area contributed by atoms with E-state index in [9.17, 15) is 4.79 Å². The number of rotatable bonds is 6. The summed E-state index contributed by atoms with van der Waals surface area (Å²) < 4.78 is 5.45. The van der Waals surface area contributed by atoms with E-state index in [-0.39, 0.29) is 21.5 Å². The van der Waals surface area contributed by atoms with Gasteiger partial charge in [-0.1, -0.05) is 41.3 Å². The fourth-order valence-corrected chi connectivity index (χ4v) is 4.79. The third-order valence-electron chi connectivity index (χ3n) is 6.18. The molecule has 1 aromatic heterocycles. The molecule has 1 saturated heterocycles. The zero-order valence-electron chi connectivity index (χ0n) is 18.0. The molecule has 2 heterocycles. The Bertz CT molecular complexity index is 1230. The summed E-state index contributed by atoms with van der Waals surface area (Å²) in [5, 5.41) is 22.8. The van der Waals surface area contributed by atoms with Gasteiger partial charge in [-0.25, -0.2) is 0 Å². The Kier molecular flexibility index (Phi) is 5.94. The average Bonchev–Trinajstić information content (AvgIpc) is 3.28. The minimum absolute atomic E-state index is 0.0973. The minimum Gasteiger partial charge on any atom is -0.380 e. The maximum atomic E-state index is 13.2. The minimum atomic E-state index is -0.577. The van der Waals surface area contributed by atoms with Crippen LogP contribution in [0.5, 0.6) is 0 Å². The summed E-state index contributed by atoms with van der Waals surface area (Å²) in [5.41, 5.74) is 7.36. The Labute approximate surface area is 200 Å². The summed E-state index contributed by atoms with van der Waals surface area (Å²) in [5.74, 6) is 0.0405. The van der Waals surface area contributed by atoms with Gasteiger partial charge in [-0.05, 0) is 37.1 Å². The Balaban J connectivity index is 1.59. The Morgan fingerprint density at radius 3 is 2.64 bits per heavy atom. The van der Waals surface area contributed by atoms with E-state index in [0.717, 1.165) is 23.8 Å². The number of carbonyl (C=O) groups excluding carboxylic acids is 1. The molecule has 1 fully saturated rings. The summed E-state index contributed by atoms with van der Waals surface area (Å²) in [4.78, 5) is 16.6. The first-order chi connectivity index (χ1) is 15.7. The second-order valence-electron chi connectivity index (χ2n) is 8.32. The molecule has 1 aliphatic heterocycles. The Hall–Kier alpha value is -3.30. The standard InChI is InChI=1S/C22H23Cl2N7O2/c1-12-8-30(17-5-3-4-14-19(17)33-29-20(14)27)9-22(12,2)28-21(32)18-15(23)6-13(7-16(18)24)31(10-25)11-26/h3-7,10-12,25-26H,8-9H2,1-2H3,(H2,27,29)(H,28,32)/t12-,22-/m0/s1. The highest BCUT2D eigenvalue weighted by atomic mass is 35.5. The number of benzene rings is 2. The lowest BCUT2D eigenvalue weighted by Gasteiger charge is -2.30. The van der Waals surface area contributed by atoms with Gasteiger partial charge >= 0.3 is 0 Å². The van der Waals surface area contributed by atoms with Gasteiger partial charge in [0.15, 0.2) is 11.4 Å². The Morgan fingerprint density at radius 2 is 2.00 bits per heavy atom. The molecule has 4 rings (SSSR count). The number of nitrogens with zero attached hydrogens (tertiary/aromatic N) is 3. The monoisotopic (exact) mass is 487 g/mol. The Morgan fingerprint density at radius 1 is 1.33 bits per heavy atom. The maximum Gasteiger partial charge on any atom is 0.254 e. The molecule has 0 bridgehead atoms. The number of hydrogen-bond donors (Lipinski definition) is 4. The molecule has 2 atom stereocenters. The van der Waals surface area contributed by atoms with Crippen molar-refractivity contribution in [3.63, 3.8) is 0 Å². The number of amides is 1. The van der Waals surface area contributed by atoms with E-state index in [1.165, 1.54) is 17.0 Å². The van der Waals surface area contributed by atoms with E-state index in [1.807, 2.05) is 25.1 Å². The van der Waals surface area contributed by atoms with Gasteiger partial charge in [-0.2, -0.15) is 0 Å². The van der Waals surface area contributed by atoms with Crippen molar-refractivity contribution in [1.29, 1.82) is 10.8 Å². The lowest BCUT2D eigenvalue weighted by atomic mass is 9.90. The molecule has 0 spiro atoms. The van der Waals surface area contributed by atoms with E-state index in [2.05, 4.69) is 22.3 Å². The fourth-order valence-electron chi connectivity index (χ4n) is 4.14. The molecule has 0 unspecified atom stereocenters. The van der Waals surface area contributed by atoms with Gasteiger partial charge in [0, 0.05) is 13.1 Å². The van der Waals surface area contributed by atoms with Gasteiger partial charge in [0.1, 0.15) is 0 Å². The smallest absolute Gasteiger partial charge is 0.254 e. The second-order valence-corrected chi connectivity index (χ2v) is 9.14. The molecule has 11 heteroatoms. The third-order valence-corrected chi connectivity index (χ3v) is 6.77. The topological polar surface area (TPSA) is 135 Å². The van der Waals surface area contributed by atoms with Crippen molar-refractivity contribution < 1.29 is 9.32 Å². The number of anilines is 3. The molecule has 0 saturated carbocycles. The second kappa shape index (κ2) is 8.57. The van der Waals surface area contributed by atoms with E-state index in [1.54, 1.807) is 0 Å². The zero-order chi connectivity index (χ0) is 23.9. The number of carbonyl (C=O) groups is 1. The predicted molar refractivity (Wildman–Crippen MR) is 132 cm³/mol. The number of fused-ring (bicyclic) bond motifs is 1. The number of nitrogens with two attached hydrogens (primary N) is 1. The van der Waals surface area contributed by atoms with Crippen LogP contribution in [0.2, 0.25) is 10.0 Å². The van der Waals surface area contributed by atoms with Crippen molar-refractivity contribution in [2.45, 2.75) is 19.4 Å². The van der Waals surface area contributed by atoms with Crippen LogP contribution < -0.4 is 20.9 Å². The zero-order valence-corrected chi connectivity index (χ0v) is 19.5. The van der Waals surface area contributed by atoms with Gasteiger partial charge in [0.05, 0.1) is 50.6 Å². The molecule has 172 valence electrons. The number of para-hydroxylation sites is 1. The summed E-state index contributed by atoms with van der Waals surface area (Å²) in [6, 6.07) is 8.70. The first-order valence-corrected chi connectivity index (χ1v) is 10.9. The van der Waals surface area contributed by atoms with Crippen molar-refractivity contribution in [2.75, 3.05) is 28.6 Å². The quantitative estimate of drug-likeness (QED) is 0.300. The van der Waals surface area contributed by atoms with E-state index in [0.29, 0.717) is 30.2 Å². The van der Waals surface area contributed by atoms with Crippen LogP contribution in [-0.4, -0.2) is 42.4 Å². The summed E-state index contributed by atoms with van der Waals surface area (Å²) in [7, 11) is 0. The lowest BCUT2D eigenvalue weighted by molar-refractivity contribution is 0.0897. The molecule has 33 heavy (non-hydrogen) atoms. The van der Waals surface area contributed by atoms with E-state index in [4.69, 9.17) is 44.3 Å². The highest BCUT2D eigenvalue weighted by Crippen LogP contribution is 2.37. The average molecular weight is 488 g/mol. The molecule has 1 aliphatic rings. The molecule has 3 aromatic rings. The summed E-state index contributed by atoms with van der Waals surface area (Å²) in [6.07, 6.45) is 1.90. The first kappa shape index (κ1) is 22.9. The SMILES string of the molecule is C[C@H]1CN(c2cccc3c(N)noc23)C[C@]1(C)NC(=O)c1c(Cl)cc(N(C=N)C=N)cc1Cl.